The molecule has 128 valence electrons. The number of amides is 1. The third-order valence-electron chi connectivity index (χ3n) is 4.84. The number of sulfone groups is 1. The van der Waals surface area contributed by atoms with Crippen LogP contribution >= 0.6 is 0 Å². The minimum Gasteiger partial charge on any atom is -0.332 e. The summed E-state index contributed by atoms with van der Waals surface area (Å²) in [6.07, 6.45) is 0.953. The molecule has 1 aromatic carbocycles. The van der Waals surface area contributed by atoms with E-state index >= 15 is 0 Å². The minimum atomic E-state index is -3.14. The van der Waals surface area contributed by atoms with E-state index in [2.05, 4.69) is 11.8 Å². The van der Waals surface area contributed by atoms with Crippen molar-refractivity contribution in [3.05, 3.63) is 35.4 Å². The molecule has 7 heteroatoms. The standard InChI is InChI=1S/C17H21N3O3S/c1-2-7-19-8-9-20(16-12-24(22,23)11-15(16)19)17(21)14-6-4-3-5-13(14)10-18/h3-6,15-16H,2,7-9,11-12H2,1H3/t15-,16+/m0/s1. The first-order valence-corrected chi connectivity index (χ1v) is 10.0. The number of nitriles is 1. The second kappa shape index (κ2) is 6.54. The zero-order valence-corrected chi connectivity index (χ0v) is 14.5. The largest absolute Gasteiger partial charge is 0.332 e. The van der Waals surface area contributed by atoms with Crippen LogP contribution in [-0.4, -0.2) is 67.3 Å². The maximum Gasteiger partial charge on any atom is 0.255 e. The van der Waals surface area contributed by atoms with E-state index in [0.29, 0.717) is 24.2 Å². The molecular formula is C17H21N3O3S. The normalized spacial score (nSPS) is 25.9. The van der Waals surface area contributed by atoms with Gasteiger partial charge in [-0.3, -0.25) is 9.69 Å². The maximum atomic E-state index is 13.0. The lowest BCUT2D eigenvalue weighted by molar-refractivity contribution is 0.0333. The van der Waals surface area contributed by atoms with Gasteiger partial charge >= 0.3 is 0 Å². The molecule has 0 N–H and O–H groups in total. The van der Waals surface area contributed by atoms with Crippen LogP contribution in [-0.2, 0) is 9.84 Å². The van der Waals surface area contributed by atoms with Crippen LogP contribution in [0.5, 0.6) is 0 Å². The van der Waals surface area contributed by atoms with E-state index in [4.69, 9.17) is 0 Å². The van der Waals surface area contributed by atoms with Crippen LogP contribution in [0.3, 0.4) is 0 Å². The summed E-state index contributed by atoms with van der Waals surface area (Å²) in [5, 5.41) is 9.22. The summed E-state index contributed by atoms with van der Waals surface area (Å²) < 4.78 is 24.3. The fraction of sp³-hybridized carbons (Fsp3) is 0.529. The van der Waals surface area contributed by atoms with E-state index in [9.17, 15) is 18.5 Å². The van der Waals surface area contributed by atoms with Gasteiger partial charge in [0, 0.05) is 19.1 Å². The van der Waals surface area contributed by atoms with Gasteiger partial charge in [0.1, 0.15) is 0 Å². The summed E-state index contributed by atoms with van der Waals surface area (Å²) in [6, 6.07) is 8.28. The number of carbonyl (C=O) groups is 1. The zero-order chi connectivity index (χ0) is 17.3. The number of benzene rings is 1. The van der Waals surface area contributed by atoms with Gasteiger partial charge in [0.25, 0.3) is 5.91 Å². The monoisotopic (exact) mass is 347 g/mol. The van der Waals surface area contributed by atoms with Gasteiger partial charge in [-0.15, -0.1) is 0 Å². The van der Waals surface area contributed by atoms with E-state index in [-0.39, 0.29) is 29.5 Å². The predicted octanol–water partition coefficient (Wildman–Crippen LogP) is 0.892. The smallest absolute Gasteiger partial charge is 0.255 e. The van der Waals surface area contributed by atoms with Gasteiger partial charge in [0.2, 0.25) is 0 Å². The quantitative estimate of drug-likeness (QED) is 0.811. The number of carbonyl (C=O) groups excluding carboxylic acids is 1. The molecule has 0 spiro atoms. The molecule has 2 atom stereocenters. The fourth-order valence-electron chi connectivity index (χ4n) is 3.76. The van der Waals surface area contributed by atoms with E-state index in [1.807, 2.05) is 6.07 Å². The highest BCUT2D eigenvalue weighted by Crippen LogP contribution is 2.28. The molecule has 2 aliphatic heterocycles. The predicted molar refractivity (Wildman–Crippen MR) is 90.3 cm³/mol. The molecule has 2 heterocycles. The van der Waals surface area contributed by atoms with Crippen molar-refractivity contribution in [1.29, 1.82) is 5.26 Å². The van der Waals surface area contributed by atoms with Crippen LogP contribution in [0.4, 0.5) is 0 Å². The summed E-state index contributed by atoms with van der Waals surface area (Å²) >= 11 is 0. The summed E-state index contributed by atoms with van der Waals surface area (Å²) in [5.41, 5.74) is 0.683. The van der Waals surface area contributed by atoms with Gasteiger partial charge in [-0.25, -0.2) is 8.42 Å². The highest BCUT2D eigenvalue weighted by Gasteiger charge is 2.47. The molecule has 3 rings (SSSR count). The van der Waals surface area contributed by atoms with Crippen LogP contribution < -0.4 is 0 Å². The average molecular weight is 347 g/mol. The van der Waals surface area contributed by atoms with E-state index < -0.39 is 9.84 Å². The second-order valence-electron chi connectivity index (χ2n) is 6.40. The molecule has 0 aliphatic carbocycles. The third kappa shape index (κ3) is 3.04. The van der Waals surface area contributed by atoms with Gasteiger partial charge in [0.05, 0.1) is 34.7 Å². The van der Waals surface area contributed by atoms with Gasteiger partial charge in [-0.2, -0.15) is 5.26 Å². The van der Waals surface area contributed by atoms with Crippen LogP contribution in [0.1, 0.15) is 29.3 Å². The summed E-state index contributed by atoms with van der Waals surface area (Å²) in [7, 11) is -3.14. The number of nitrogens with zero attached hydrogens (tertiary/aromatic N) is 3. The molecule has 0 bridgehead atoms. The highest BCUT2D eigenvalue weighted by atomic mass is 32.2. The Morgan fingerprint density at radius 3 is 2.67 bits per heavy atom. The van der Waals surface area contributed by atoms with Crippen molar-refractivity contribution in [1.82, 2.24) is 9.80 Å². The minimum absolute atomic E-state index is 0.0122. The van der Waals surface area contributed by atoms with Crippen molar-refractivity contribution in [3.63, 3.8) is 0 Å². The Morgan fingerprint density at radius 1 is 1.25 bits per heavy atom. The molecule has 2 saturated heterocycles. The van der Waals surface area contributed by atoms with E-state index in [0.717, 1.165) is 13.0 Å². The van der Waals surface area contributed by atoms with Crippen LogP contribution in [0.2, 0.25) is 0 Å². The topological polar surface area (TPSA) is 81.5 Å². The Hall–Kier alpha value is -1.91. The first-order chi connectivity index (χ1) is 11.5. The SMILES string of the molecule is CCCN1CCN(C(=O)c2ccccc2C#N)[C@@H]2CS(=O)(=O)C[C@@H]21. The first-order valence-electron chi connectivity index (χ1n) is 8.21. The Kier molecular flexibility index (Phi) is 4.61. The van der Waals surface area contributed by atoms with E-state index in [1.54, 1.807) is 29.2 Å². The van der Waals surface area contributed by atoms with Crippen molar-refractivity contribution in [2.75, 3.05) is 31.1 Å². The molecule has 6 nitrogen and oxygen atoms in total. The van der Waals surface area contributed by atoms with Gasteiger partial charge in [-0.1, -0.05) is 19.1 Å². The van der Waals surface area contributed by atoms with Gasteiger partial charge < -0.3 is 4.90 Å². The second-order valence-corrected chi connectivity index (χ2v) is 8.56. The third-order valence-corrected chi connectivity index (χ3v) is 6.54. The lowest BCUT2D eigenvalue weighted by Gasteiger charge is -2.44. The zero-order valence-electron chi connectivity index (χ0n) is 13.7. The average Bonchev–Trinajstić information content (AvgIpc) is 2.90. The number of piperazine rings is 1. The first kappa shape index (κ1) is 16.9. The molecule has 2 fully saturated rings. The summed E-state index contributed by atoms with van der Waals surface area (Å²) in [4.78, 5) is 16.8. The molecule has 0 unspecified atom stereocenters. The molecule has 2 aliphatic rings. The fourth-order valence-corrected chi connectivity index (χ4v) is 5.78. The summed E-state index contributed by atoms with van der Waals surface area (Å²) in [6.45, 7) is 4.08. The lowest BCUT2D eigenvalue weighted by Crippen LogP contribution is -2.60. The Bertz CT molecular complexity index is 785. The molecular weight excluding hydrogens is 326 g/mol. The van der Waals surface area contributed by atoms with Gasteiger partial charge in [-0.05, 0) is 25.1 Å². The van der Waals surface area contributed by atoms with Crippen molar-refractivity contribution in [2.24, 2.45) is 0 Å². The molecule has 1 aromatic rings. The van der Waals surface area contributed by atoms with Crippen molar-refractivity contribution < 1.29 is 13.2 Å². The maximum absolute atomic E-state index is 13.0. The van der Waals surface area contributed by atoms with Crippen molar-refractivity contribution in [3.8, 4) is 6.07 Å². The highest BCUT2D eigenvalue weighted by molar-refractivity contribution is 7.91. The number of fused-ring (bicyclic) bond motifs is 1. The molecule has 24 heavy (non-hydrogen) atoms. The van der Waals surface area contributed by atoms with Gasteiger partial charge in [0.15, 0.2) is 9.84 Å². The van der Waals surface area contributed by atoms with Crippen LogP contribution in [0, 0.1) is 11.3 Å². The Labute approximate surface area is 142 Å². The number of hydrogen-bond acceptors (Lipinski definition) is 5. The van der Waals surface area contributed by atoms with Crippen LogP contribution in [0.15, 0.2) is 24.3 Å². The summed E-state index contributed by atoms with van der Waals surface area (Å²) in [5.74, 6) is -0.116. The Balaban J connectivity index is 1.92. The lowest BCUT2D eigenvalue weighted by atomic mass is 10.0. The Morgan fingerprint density at radius 2 is 1.96 bits per heavy atom. The number of hydrogen-bond donors (Lipinski definition) is 0. The molecule has 0 radical (unpaired) electrons. The van der Waals surface area contributed by atoms with Crippen molar-refractivity contribution in [2.45, 2.75) is 25.4 Å². The van der Waals surface area contributed by atoms with Crippen LogP contribution in [0.25, 0.3) is 0 Å². The molecule has 0 aromatic heterocycles. The number of rotatable bonds is 3. The molecule has 0 saturated carbocycles. The van der Waals surface area contributed by atoms with E-state index in [1.165, 1.54) is 0 Å². The molecule has 1 amide bonds. The van der Waals surface area contributed by atoms with Crippen molar-refractivity contribution >= 4 is 15.7 Å².